The van der Waals surface area contributed by atoms with Crippen LogP contribution in [0.25, 0.3) is 10.9 Å². The normalized spacial score (nSPS) is 26.1. The van der Waals surface area contributed by atoms with Gasteiger partial charge in [-0.05, 0) is 45.7 Å². The third kappa shape index (κ3) is 2.33. The summed E-state index contributed by atoms with van der Waals surface area (Å²) in [5.74, 6) is -0.378. The molecule has 0 amide bonds. The topological polar surface area (TPSA) is 28.5 Å². The van der Waals surface area contributed by atoms with Crippen LogP contribution in [0.5, 0.6) is 0 Å². The van der Waals surface area contributed by atoms with Gasteiger partial charge < -0.3 is 9.47 Å². The SMILES string of the molecule is Cc1cn(C2CC2)c2c(Cl)c(N3CC4CCC(C3)N4C)c(F)cc2c1=O. The number of fused-ring (bicyclic) bond motifs is 3. The van der Waals surface area contributed by atoms with Crippen molar-refractivity contribution in [1.82, 2.24) is 9.47 Å². The molecule has 5 rings (SSSR count). The Hall–Kier alpha value is -1.59. The Kier molecular flexibility index (Phi) is 3.63. The molecule has 2 saturated heterocycles. The number of benzene rings is 1. The molecule has 2 unspecified atom stereocenters. The molecule has 3 aliphatic rings. The third-order valence-electron chi connectivity index (χ3n) is 6.47. The first-order chi connectivity index (χ1) is 12.5. The number of aromatic nitrogens is 1. The summed E-state index contributed by atoms with van der Waals surface area (Å²) in [5, 5.41) is 0.799. The largest absolute Gasteiger partial charge is 0.365 e. The highest BCUT2D eigenvalue weighted by Crippen LogP contribution is 2.43. The molecule has 3 heterocycles. The molecule has 3 fully saturated rings. The highest BCUT2D eigenvalue weighted by atomic mass is 35.5. The van der Waals surface area contributed by atoms with E-state index in [9.17, 15) is 4.79 Å². The minimum absolute atomic E-state index is 0.123. The third-order valence-corrected chi connectivity index (χ3v) is 6.82. The molecule has 2 bridgehead atoms. The van der Waals surface area contributed by atoms with E-state index in [1.807, 2.05) is 6.20 Å². The van der Waals surface area contributed by atoms with Crippen LogP contribution in [-0.2, 0) is 0 Å². The molecule has 6 heteroatoms. The van der Waals surface area contributed by atoms with Gasteiger partial charge in [-0.2, -0.15) is 0 Å². The molecule has 26 heavy (non-hydrogen) atoms. The second-order valence-electron chi connectivity index (χ2n) is 8.15. The number of hydrogen-bond acceptors (Lipinski definition) is 3. The molecule has 0 radical (unpaired) electrons. The molecule has 2 atom stereocenters. The molecule has 1 aromatic carbocycles. The van der Waals surface area contributed by atoms with Gasteiger partial charge in [-0.1, -0.05) is 11.6 Å². The van der Waals surface area contributed by atoms with Crippen molar-refractivity contribution in [1.29, 1.82) is 0 Å². The minimum atomic E-state index is -0.378. The lowest BCUT2D eigenvalue weighted by molar-refractivity contribution is 0.212. The highest BCUT2D eigenvalue weighted by molar-refractivity contribution is 6.38. The molecular weight excluding hydrogens is 353 g/mol. The van der Waals surface area contributed by atoms with Gasteiger partial charge >= 0.3 is 0 Å². The number of likely N-dealkylation sites (N-methyl/N-ethyl adjacent to an activating group) is 1. The van der Waals surface area contributed by atoms with E-state index in [1.165, 1.54) is 6.07 Å². The van der Waals surface area contributed by atoms with Gasteiger partial charge in [-0.3, -0.25) is 9.69 Å². The summed E-state index contributed by atoms with van der Waals surface area (Å²) in [6.45, 7) is 3.36. The second kappa shape index (κ2) is 5.70. The summed E-state index contributed by atoms with van der Waals surface area (Å²) in [6, 6.07) is 2.67. The Morgan fingerprint density at radius 1 is 1.12 bits per heavy atom. The number of aryl methyl sites for hydroxylation is 1. The number of halogens is 2. The number of nitrogens with zero attached hydrogens (tertiary/aromatic N) is 3. The van der Waals surface area contributed by atoms with Gasteiger partial charge in [-0.25, -0.2) is 4.39 Å². The fraction of sp³-hybridized carbons (Fsp3) is 0.550. The molecule has 1 aromatic heterocycles. The van der Waals surface area contributed by atoms with Crippen molar-refractivity contribution < 1.29 is 4.39 Å². The quantitative estimate of drug-likeness (QED) is 0.801. The van der Waals surface area contributed by atoms with Crippen LogP contribution in [0, 0.1) is 12.7 Å². The average molecular weight is 376 g/mol. The Bertz CT molecular complexity index is 954. The first-order valence-corrected chi connectivity index (χ1v) is 9.84. The maximum absolute atomic E-state index is 15.1. The van der Waals surface area contributed by atoms with E-state index in [4.69, 9.17) is 11.6 Å². The Morgan fingerprint density at radius 3 is 2.35 bits per heavy atom. The van der Waals surface area contributed by atoms with Crippen molar-refractivity contribution >= 4 is 28.2 Å². The zero-order valence-corrected chi connectivity index (χ0v) is 15.9. The van der Waals surface area contributed by atoms with Crippen LogP contribution in [0.15, 0.2) is 17.1 Å². The zero-order valence-electron chi connectivity index (χ0n) is 15.1. The number of pyridine rings is 1. The van der Waals surface area contributed by atoms with Gasteiger partial charge in [-0.15, -0.1) is 0 Å². The van der Waals surface area contributed by atoms with Crippen molar-refractivity contribution in [2.45, 2.75) is 50.7 Å². The molecule has 0 N–H and O–H groups in total. The van der Waals surface area contributed by atoms with Crippen LogP contribution in [0.3, 0.4) is 0 Å². The van der Waals surface area contributed by atoms with Crippen molar-refractivity contribution in [2.75, 3.05) is 25.0 Å². The summed E-state index contributed by atoms with van der Waals surface area (Å²) < 4.78 is 17.2. The van der Waals surface area contributed by atoms with Gasteiger partial charge in [0.25, 0.3) is 0 Å². The van der Waals surface area contributed by atoms with Crippen molar-refractivity contribution in [3.63, 3.8) is 0 Å². The maximum atomic E-state index is 15.1. The Labute approximate surface area is 157 Å². The van der Waals surface area contributed by atoms with Crippen LogP contribution in [0.4, 0.5) is 10.1 Å². The maximum Gasteiger partial charge on any atom is 0.192 e. The van der Waals surface area contributed by atoms with E-state index in [-0.39, 0.29) is 11.2 Å². The molecule has 4 nitrogen and oxygen atoms in total. The first kappa shape index (κ1) is 16.6. The molecular formula is C20H23ClFN3O. The molecule has 1 aliphatic carbocycles. The standard InChI is InChI=1S/C20H23ClFN3O/c1-11-8-25(12-3-4-12)18-15(20(11)26)7-16(22)19(17(18)21)24-9-13-5-6-14(10-24)23(13)2/h7-8,12-14H,3-6,9-10H2,1-2H3. The predicted molar refractivity (Wildman–Crippen MR) is 103 cm³/mol. The summed E-state index contributed by atoms with van der Waals surface area (Å²) in [5.41, 5.74) is 1.70. The molecule has 0 spiro atoms. The minimum Gasteiger partial charge on any atom is -0.365 e. The lowest BCUT2D eigenvalue weighted by Crippen LogP contribution is -2.52. The highest BCUT2D eigenvalue weighted by Gasteiger charge is 2.39. The van der Waals surface area contributed by atoms with Crippen LogP contribution in [-0.4, -0.2) is 41.7 Å². The van der Waals surface area contributed by atoms with Crippen LogP contribution >= 0.6 is 11.6 Å². The average Bonchev–Trinajstić information content (AvgIpc) is 3.41. The van der Waals surface area contributed by atoms with E-state index >= 15 is 4.39 Å². The fourth-order valence-electron chi connectivity index (χ4n) is 4.80. The van der Waals surface area contributed by atoms with Gasteiger partial charge in [0.15, 0.2) is 5.43 Å². The van der Waals surface area contributed by atoms with Crippen molar-refractivity contribution in [3.05, 3.63) is 38.9 Å². The van der Waals surface area contributed by atoms with E-state index in [0.717, 1.165) is 38.8 Å². The van der Waals surface area contributed by atoms with E-state index in [1.54, 1.807) is 6.92 Å². The van der Waals surface area contributed by atoms with E-state index in [0.29, 0.717) is 45.3 Å². The van der Waals surface area contributed by atoms with E-state index < -0.39 is 0 Å². The second-order valence-corrected chi connectivity index (χ2v) is 8.53. The van der Waals surface area contributed by atoms with Crippen LogP contribution < -0.4 is 10.3 Å². The lowest BCUT2D eigenvalue weighted by atomic mass is 10.1. The van der Waals surface area contributed by atoms with Gasteiger partial charge in [0, 0.05) is 43.0 Å². The number of anilines is 1. The van der Waals surface area contributed by atoms with Crippen molar-refractivity contribution in [3.8, 4) is 0 Å². The summed E-state index contributed by atoms with van der Waals surface area (Å²) in [6.07, 6.45) is 6.36. The van der Waals surface area contributed by atoms with Crippen LogP contribution in [0.2, 0.25) is 5.02 Å². The molecule has 138 valence electrons. The van der Waals surface area contributed by atoms with Gasteiger partial charge in [0.2, 0.25) is 0 Å². The van der Waals surface area contributed by atoms with Gasteiger partial charge in [0.1, 0.15) is 5.82 Å². The number of rotatable bonds is 2. The summed E-state index contributed by atoms with van der Waals surface area (Å²) >= 11 is 6.78. The van der Waals surface area contributed by atoms with Crippen LogP contribution in [0.1, 0.15) is 37.3 Å². The molecule has 2 aromatic rings. The monoisotopic (exact) mass is 375 g/mol. The smallest absolute Gasteiger partial charge is 0.192 e. The summed E-state index contributed by atoms with van der Waals surface area (Å²) in [4.78, 5) is 17.1. The Morgan fingerprint density at radius 2 is 1.73 bits per heavy atom. The molecule has 1 saturated carbocycles. The van der Waals surface area contributed by atoms with Crippen molar-refractivity contribution in [2.24, 2.45) is 0 Å². The number of hydrogen-bond donors (Lipinski definition) is 0. The fourth-order valence-corrected chi connectivity index (χ4v) is 5.20. The lowest BCUT2D eigenvalue weighted by Gasteiger charge is -2.40. The first-order valence-electron chi connectivity index (χ1n) is 9.46. The number of piperazine rings is 1. The Balaban J connectivity index is 1.71. The van der Waals surface area contributed by atoms with Gasteiger partial charge in [0.05, 0.1) is 21.6 Å². The molecule has 2 aliphatic heterocycles. The predicted octanol–water partition coefficient (Wildman–Crippen LogP) is 3.72. The zero-order chi connectivity index (χ0) is 18.2. The van der Waals surface area contributed by atoms with E-state index in [2.05, 4.69) is 21.4 Å². The summed E-state index contributed by atoms with van der Waals surface area (Å²) in [7, 11) is 2.16.